The number of benzene rings is 4. The standard InChI is InChI=1S/C55H68ClN5O8S/c1-8-9-10-11-12-13-14-15-16-17-18-19-20-21-32-70(65,66)60-43-26-30-46(56)47(36-43)58-52(63)51(50(62)39-23-28-45(67-7)29-24-39)69-54(64)61(6)44-27-22-40(38(2)33-44)34-41(37-57)53-59-48-35-42(55(3,4)5)25-31-49(48)68-53/h22-31,33-36,51,60H,8-21,32H2,1-7H3,(H,58,63). The van der Waals surface area contributed by atoms with Gasteiger partial charge in [-0.3, -0.25) is 19.2 Å². The second-order valence-electron chi connectivity index (χ2n) is 18.8. The molecular formula is C55H68ClN5O8S. The summed E-state index contributed by atoms with van der Waals surface area (Å²) in [4.78, 5) is 47.6. The fourth-order valence-electron chi connectivity index (χ4n) is 7.86. The molecule has 0 aliphatic heterocycles. The summed E-state index contributed by atoms with van der Waals surface area (Å²) in [6.07, 6.45) is 14.8. The first kappa shape index (κ1) is 54.8. The van der Waals surface area contributed by atoms with Gasteiger partial charge in [0, 0.05) is 18.3 Å². The smallest absolute Gasteiger partial charge is 0.415 e. The maximum Gasteiger partial charge on any atom is 0.415 e. The summed E-state index contributed by atoms with van der Waals surface area (Å²) in [6.45, 7) is 10.3. The summed E-state index contributed by atoms with van der Waals surface area (Å²) < 4.78 is 45.6. The van der Waals surface area contributed by atoms with Gasteiger partial charge in [0.05, 0.1) is 29.3 Å². The molecule has 13 nitrogen and oxygen atoms in total. The number of ketones is 1. The normalized spacial score (nSPS) is 12.3. The Labute approximate surface area is 419 Å². The Morgan fingerprint density at radius 2 is 1.49 bits per heavy atom. The van der Waals surface area contributed by atoms with Crippen LogP contribution in [-0.2, 0) is 25.0 Å². The predicted octanol–water partition coefficient (Wildman–Crippen LogP) is 13.8. The number of rotatable bonds is 26. The van der Waals surface area contributed by atoms with E-state index in [-0.39, 0.29) is 44.6 Å². The third kappa shape index (κ3) is 16.2. The lowest BCUT2D eigenvalue weighted by Gasteiger charge is -2.22. The van der Waals surface area contributed by atoms with Gasteiger partial charge in [0.15, 0.2) is 5.58 Å². The molecule has 4 aromatic carbocycles. The zero-order chi connectivity index (χ0) is 50.8. The molecule has 2 N–H and O–H groups in total. The number of ether oxygens (including phenoxy) is 2. The van der Waals surface area contributed by atoms with Crippen LogP contribution in [0.5, 0.6) is 5.75 Å². The molecule has 70 heavy (non-hydrogen) atoms. The Bertz CT molecular complexity index is 2760. The van der Waals surface area contributed by atoms with E-state index in [1.165, 1.54) is 114 Å². The van der Waals surface area contributed by atoms with Gasteiger partial charge in [-0.25, -0.2) is 18.2 Å². The van der Waals surface area contributed by atoms with Crippen LogP contribution < -0.4 is 19.7 Å². The summed E-state index contributed by atoms with van der Waals surface area (Å²) in [5.41, 5.74) is 4.27. The number of amides is 2. The molecule has 15 heteroatoms. The van der Waals surface area contributed by atoms with E-state index < -0.39 is 33.9 Å². The second kappa shape index (κ2) is 26.2. The monoisotopic (exact) mass is 993 g/mol. The Balaban J connectivity index is 1.22. The summed E-state index contributed by atoms with van der Waals surface area (Å²) >= 11 is 6.49. The number of nitrogens with one attached hydrogen (secondary N) is 2. The van der Waals surface area contributed by atoms with Crippen molar-refractivity contribution in [2.75, 3.05) is 34.8 Å². The van der Waals surface area contributed by atoms with Crippen LogP contribution in [0.25, 0.3) is 22.7 Å². The molecule has 374 valence electrons. The van der Waals surface area contributed by atoms with Gasteiger partial charge in [0.25, 0.3) is 5.91 Å². The van der Waals surface area contributed by atoms with Crippen LogP contribution in [0.4, 0.5) is 21.9 Å². The Hall–Kier alpha value is -6.17. The minimum atomic E-state index is -3.74. The van der Waals surface area contributed by atoms with Crippen LogP contribution >= 0.6 is 11.6 Å². The predicted molar refractivity (Wildman–Crippen MR) is 281 cm³/mol. The van der Waals surface area contributed by atoms with Crippen LogP contribution in [0.3, 0.4) is 0 Å². The Kier molecular flexibility index (Phi) is 20.5. The minimum absolute atomic E-state index is 0.0104. The van der Waals surface area contributed by atoms with E-state index in [2.05, 4.69) is 48.8 Å². The molecule has 0 fully saturated rings. The molecule has 0 saturated heterocycles. The number of oxazole rings is 1. The molecule has 0 aliphatic rings. The molecule has 1 unspecified atom stereocenters. The molecule has 0 bridgehead atoms. The molecule has 0 spiro atoms. The molecule has 2 amide bonds. The number of carbonyl (C=O) groups is 3. The SMILES string of the molecule is CCCCCCCCCCCCCCCCS(=O)(=O)Nc1ccc(Cl)c(NC(=O)C(OC(=O)N(C)c2ccc(C=C(C#N)c3nc4cc(C(C)(C)C)ccc4o3)c(C)c2)C(=O)c2ccc(OC)cc2)c1. The van der Waals surface area contributed by atoms with Crippen molar-refractivity contribution in [2.45, 2.75) is 136 Å². The van der Waals surface area contributed by atoms with Crippen molar-refractivity contribution in [3.8, 4) is 11.8 Å². The van der Waals surface area contributed by atoms with Gasteiger partial charge in [0.2, 0.25) is 27.8 Å². The summed E-state index contributed by atoms with van der Waals surface area (Å²) in [7, 11) is -0.844. The number of nitriles is 1. The van der Waals surface area contributed by atoms with Gasteiger partial charge in [-0.1, -0.05) is 135 Å². The second-order valence-corrected chi connectivity index (χ2v) is 21.0. The van der Waals surface area contributed by atoms with Gasteiger partial charge in [-0.2, -0.15) is 5.26 Å². The number of unbranched alkanes of at least 4 members (excludes halogenated alkanes) is 13. The lowest BCUT2D eigenvalue weighted by Crippen LogP contribution is -2.42. The van der Waals surface area contributed by atoms with Crippen LogP contribution in [0.2, 0.25) is 5.02 Å². The zero-order valence-corrected chi connectivity index (χ0v) is 43.2. The first-order chi connectivity index (χ1) is 33.4. The van der Waals surface area contributed by atoms with Gasteiger partial charge in [0.1, 0.15) is 22.9 Å². The van der Waals surface area contributed by atoms with E-state index >= 15 is 0 Å². The fourth-order valence-corrected chi connectivity index (χ4v) is 9.19. The van der Waals surface area contributed by atoms with E-state index in [0.29, 0.717) is 40.1 Å². The number of fused-ring (bicyclic) bond motifs is 1. The lowest BCUT2D eigenvalue weighted by molar-refractivity contribution is -0.122. The van der Waals surface area contributed by atoms with E-state index in [1.807, 2.05) is 18.2 Å². The number of nitrogens with zero attached hydrogens (tertiary/aromatic N) is 3. The number of Topliss-reactive ketones (excluding diaryl/α,β-unsaturated/α-hetero) is 1. The van der Waals surface area contributed by atoms with Crippen LogP contribution in [0, 0.1) is 18.3 Å². The van der Waals surface area contributed by atoms with E-state index in [9.17, 15) is 28.1 Å². The molecular weight excluding hydrogens is 926 g/mol. The molecule has 1 aromatic heterocycles. The lowest BCUT2D eigenvalue weighted by atomic mass is 9.87. The average molecular weight is 995 g/mol. The third-order valence-corrected chi connectivity index (χ3v) is 13.9. The van der Waals surface area contributed by atoms with Gasteiger partial charge >= 0.3 is 6.09 Å². The number of allylic oxidation sites excluding steroid dienone is 1. The zero-order valence-electron chi connectivity index (χ0n) is 41.7. The Morgan fingerprint density at radius 1 is 0.857 bits per heavy atom. The van der Waals surface area contributed by atoms with Crippen molar-refractivity contribution >= 4 is 79.2 Å². The van der Waals surface area contributed by atoms with Gasteiger partial charge in [-0.15, -0.1) is 0 Å². The van der Waals surface area contributed by atoms with Crippen molar-refractivity contribution in [3.63, 3.8) is 0 Å². The van der Waals surface area contributed by atoms with Gasteiger partial charge in [-0.05, 0) is 108 Å². The number of aromatic nitrogens is 1. The number of aryl methyl sites for hydroxylation is 1. The van der Waals surface area contributed by atoms with Crippen LogP contribution in [-0.4, -0.2) is 57.2 Å². The highest BCUT2D eigenvalue weighted by Gasteiger charge is 2.34. The first-order valence-electron chi connectivity index (χ1n) is 24.3. The fraction of sp³-hybridized carbons (Fsp3) is 0.436. The number of methoxy groups -OCH3 is 1. The number of halogens is 1. The molecule has 1 atom stereocenters. The number of anilines is 3. The molecule has 1 heterocycles. The van der Waals surface area contributed by atoms with Crippen molar-refractivity contribution < 1.29 is 36.7 Å². The topological polar surface area (TPSA) is 181 Å². The number of sulfonamides is 1. The van der Waals surface area contributed by atoms with E-state index in [0.717, 1.165) is 36.1 Å². The largest absolute Gasteiger partial charge is 0.497 e. The first-order valence-corrected chi connectivity index (χ1v) is 26.3. The van der Waals surface area contributed by atoms with Gasteiger partial charge < -0.3 is 19.2 Å². The quantitative estimate of drug-likeness (QED) is 0.0234. The summed E-state index contributed by atoms with van der Waals surface area (Å²) in [6, 6.07) is 23.2. The van der Waals surface area contributed by atoms with Crippen LogP contribution in [0.1, 0.15) is 151 Å². The molecule has 5 rings (SSSR count). The summed E-state index contributed by atoms with van der Waals surface area (Å²) in [5.74, 6) is -1.30. The van der Waals surface area contributed by atoms with Crippen LogP contribution in [0.15, 0.2) is 83.3 Å². The van der Waals surface area contributed by atoms with E-state index in [1.54, 1.807) is 31.2 Å². The highest BCUT2D eigenvalue weighted by atomic mass is 35.5. The number of hydrogen-bond donors (Lipinski definition) is 2. The third-order valence-electron chi connectivity index (χ3n) is 12.2. The van der Waals surface area contributed by atoms with Crippen molar-refractivity contribution in [1.29, 1.82) is 5.26 Å². The average Bonchev–Trinajstić information content (AvgIpc) is 3.76. The molecule has 0 saturated carbocycles. The maximum atomic E-state index is 14.0. The van der Waals surface area contributed by atoms with E-state index in [4.69, 9.17) is 25.5 Å². The maximum absolute atomic E-state index is 14.0. The number of carbonyl (C=O) groups excluding carboxylic acids is 3. The number of hydrogen-bond acceptors (Lipinski definition) is 10. The van der Waals surface area contributed by atoms with Crippen molar-refractivity contribution in [2.24, 2.45) is 0 Å². The molecule has 0 aliphatic carbocycles. The summed E-state index contributed by atoms with van der Waals surface area (Å²) in [5, 5.41) is 12.7. The highest BCUT2D eigenvalue weighted by Crippen LogP contribution is 2.31. The molecule has 5 aromatic rings. The highest BCUT2D eigenvalue weighted by molar-refractivity contribution is 7.92. The minimum Gasteiger partial charge on any atom is -0.497 e. The molecule has 0 radical (unpaired) electrons. The van der Waals surface area contributed by atoms with Crippen molar-refractivity contribution in [1.82, 2.24) is 4.98 Å². The van der Waals surface area contributed by atoms with Crippen molar-refractivity contribution in [3.05, 3.63) is 112 Å². The Morgan fingerprint density at radius 3 is 2.07 bits per heavy atom.